The van der Waals surface area contributed by atoms with Crippen LogP contribution in [0.2, 0.25) is 58.9 Å². The van der Waals surface area contributed by atoms with Gasteiger partial charge in [0, 0.05) is 17.6 Å². The predicted octanol–water partition coefficient (Wildman–Crippen LogP) is 8.69. The summed E-state index contributed by atoms with van der Waals surface area (Å²) in [5.74, 6) is 2.68. The molecular formula is C31H61NO4Si3. The van der Waals surface area contributed by atoms with Crippen molar-refractivity contribution in [1.29, 1.82) is 0 Å². The van der Waals surface area contributed by atoms with Crippen molar-refractivity contribution in [3.63, 3.8) is 0 Å². The van der Waals surface area contributed by atoms with Crippen LogP contribution < -0.4 is 0 Å². The van der Waals surface area contributed by atoms with E-state index in [0.717, 1.165) is 24.5 Å². The van der Waals surface area contributed by atoms with E-state index < -0.39 is 25.0 Å². The zero-order chi connectivity index (χ0) is 29.2. The maximum absolute atomic E-state index is 7.31. The zero-order valence-electron chi connectivity index (χ0n) is 27.7. The summed E-state index contributed by atoms with van der Waals surface area (Å²) in [6.45, 7) is 28.6. The molecule has 226 valence electrons. The van der Waals surface area contributed by atoms with Crippen LogP contribution in [-0.2, 0) is 18.1 Å². The summed E-state index contributed by atoms with van der Waals surface area (Å²) < 4.78 is 21.3. The Balaban J connectivity index is 1.75. The summed E-state index contributed by atoms with van der Waals surface area (Å²) in [5.41, 5.74) is 0.984. The molecule has 4 aliphatic carbocycles. The van der Waals surface area contributed by atoms with Gasteiger partial charge in [-0.3, -0.25) is 0 Å². The Hall–Kier alpha value is 0.000649. The van der Waals surface area contributed by atoms with E-state index in [1.54, 1.807) is 7.11 Å². The third-order valence-electron chi connectivity index (χ3n) is 11.0. The molecule has 0 radical (unpaired) electrons. The van der Waals surface area contributed by atoms with Crippen molar-refractivity contribution in [2.24, 2.45) is 39.7 Å². The molecule has 4 rings (SSSR count). The van der Waals surface area contributed by atoms with Gasteiger partial charge in [-0.15, -0.1) is 0 Å². The molecule has 0 heterocycles. The smallest absolute Gasteiger partial charge is 0.185 e. The van der Waals surface area contributed by atoms with E-state index >= 15 is 0 Å². The van der Waals surface area contributed by atoms with Crippen molar-refractivity contribution in [3.05, 3.63) is 0 Å². The minimum absolute atomic E-state index is 0.00772. The lowest BCUT2D eigenvalue weighted by Gasteiger charge is -2.65. The summed E-state index contributed by atoms with van der Waals surface area (Å²) in [6, 6.07) is 0. The molecule has 0 amide bonds. The van der Waals surface area contributed by atoms with Gasteiger partial charge in [0.05, 0.1) is 5.71 Å². The van der Waals surface area contributed by atoms with Crippen molar-refractivity contribution in [2.75, 3.05) is 7.11 Å². The fraction of sp³-hybridized carbons (Fsp3) is 0.968. The normalized spacial score (nSPS) is 43.5. The van der Waals surface area contributed by atoms with Gasteiger partial charge in [-0.1, -0.05) is 19.0 Å². The van der Waals surface area contributed by atoms with E-state index in [2.05, 4.69) is 84.9 Å². The molecule has 4 fully saturated rings. The highest BCUT2D eigenvalue weighted by Crippen LogP contribution is 2.70. The molecule has 0 N–H and O–H groups in total. The maximum atomic E-state index is 7.31. The van der Waals surface area contributed by atoms with Gasteiger partial charge in [-0.25, -0.2) is 0 Å². The highest BCUT2D eigenvalue weighted by Gasteiger charge is 2.69. The van der Waals surface area contributed by atoms with Crippen LogP contribution in [-0.4, -0.2) is 55.6 Å². The molecule has 8 heteroatoms. The lowest BCUT2D eigenvalue weighted by atomic mass is 9.43. The van der Waals surface area contributed by atoms with Crippen molar-refractivity contribution >= 4 is 30.7 Å². The minimum atomic E-state index is -1.87. The van der Waals surface area contributed by atoms with Crippen LogP contribution in [0.15, 0.2) is 5.16 Å². The fourth-order valence-electron chi connectivity index (χ4n) is 10.0. The molecule has 5 nitrogen and oxygen atoms in total. The van der Waals surface area contributed by atoms with Gasteiger partial charge in [0.1, 0.15) is 12.7 Å². The maximum Gasteiger partial charge on any atom is 0.185 e. The Labute approximate surface area is 243 Å². The molecule has 0 bridgehead atoms. The fourth-order valence-corrected chi connectivity index (χ4v) is 13.9. The second kappa shape index (κ2) is 10.6. The van der Waals surface area contributed by atoms with Gasteiger partial charge in [0.25, 0.3) is 0 Å². The summed E-state index contributed by atoms with van der Waals surface area (Å²) in [5, 5.41) is 4.59. The monoisotopic (exact) mass is 595 g/mol. The summed E-state index contributed by atoms with van der Waals surface area (Å²) >= 11 is 0. The van der Waals surface area contributed by atoms with Gasteiger partial charge in [-0.2, -0.15) is 0 Å². The standard InChI is InChI=1S/C31H61NO4Si3/c1-22(32-33-4)31(36-39(11,12)13)19-17-26-25-15-14-23-20-24(34-37(5,6)7)16-18-29(23,2)28(25)27(21-30(26,31)3)35-38(8,9)10/h23-28H,14-21H2,1-13H3/b32-22-/t23-,24-,25+,26+,27+,28-,29+,30+,31+/m1/s1. The van der Waals surface area contributed by atoms with Crippen LogP contribution in [0, 0.1) is 34.5 Å². The topological polar surface area (TPSA) is 49.3 Å². The third-order valence-corrected chi connectivity index (χ3v) is 14.0. The average Bonchev–Trinajstić information content (AvgIpc) is 3.03. The van der Waals surface area contributed by atoms with Crippen LogP contribution in [0.4, 0.5) is 0 Å². The van der Waals surface area contributed by atoms with Gasteiger partial charge >= 0.3 is 0 Å². The highest BCUT2D eigenvalue weighted by atomic mass is 28.4. The predicted molar refractivity (Wildman–Crippen MR) is 171 cm³/mol. The van der Waals surface area contributed by atoms with Gasteiger partial charge in [0.2, 0.25) is 0 Å². The molecule has 4 aliphatic rings. The number of oxime groups is 1. The molecule has 0 aromatic carbocycles. The summed E-state index contributed by atoms with van der Waals surface area (Å²) in [6.07, 6.45) is 10.5. The lowest BCUT2D eigenvalue weighted by molar-refractivity contribution is -0.182. The van der Waals surface area contributed by atoms with Crippen molar-refractivity contribution < 1.29 is 18.1 Å². The second-order valence-electron chi connectivity index (χ2n) is 17.0. The van der Waals surface area contributed by atoms with Crippen LogP contribution in [0.1, 0.15) is 72.1 Å². The van der Waals surface area contributed by atoms with E-state index in [-0.39, 0.29) is 17.1 Å². The van der Waals surface area contributed by atoms with E-state index in [4.69, 9.17) is 18.1 Å². The molecule has 39 heavy (non-hydrogen) atoms. The molecule has 4 saturated carbocycles. The molecule has 0 aromatic rings. The lowest BCUT2D eigenvalue weighted by Crippen LogP contribution is -2.65. The molecule has 0 aromatic heterocycles. The highest BCUT2D eigenvalue weighted by molar-refractivity contribution is 6.70. The molecule has 0 aliphatic heterocycles. The quantitative estimate of drug-likeness (QED) is 0.160. The Morgan fingerprint density at radius 3 is 2.00 bits per heavy atom. The Morgan fingerprint density at radius 1 is 0.795 bits per heavy atom. The SMILES string of the molecule is CO/N=C(/C)[C@@]1(O[Si](C)(C)C)CC[C@H]2[C@@H]3CC[C@@H]4C[C@H](O[Si](C)(C)C)CC[C@]4(C)[C@H]3[C@@H](O[Si](C)(C)C)C[C@@]21C. The second-order valence-corrected chi connectivity index (χ2v) is 30.4. The van der Waals surface area contributed by atoms with E-state index in [0.29, 0.717) is 29.3 Å². The summed E-state index contributed by atoms with van der Waals surface area (Å²) in [7, 11) is -3.50. The zero-order valence-corrected chi connectivity index (χ0v) is 30.7. The van der Waals surface area contributed by atoms with E-state index in [1.807, 2.05) is 0 Å². The van der Waals surface area contributed by atoms with E-state index in [1.165, 1.54) is 38.5 Å². The number of nitrogens with zero attached hydrogens (tertiary/aromatic N) is 1. The third kappa shape index (κ3) is 6.08. The molecule has 9 atom stereocenters. The van der Waals surface area contributed by atoms with Gasteiger partial charge in [-0.05, 0) is 146 Å². The number of hydrogen-bond donors (Lipinski definition) is 0. The largest absolute Gasteiger partial charge is 0.415 e. The van der Waals surface area contributed by atoms with E-state index in [9.17, 15) is 0 Å². The van der Waals surface area contributed by atoms with Gasteiger partial charge in [0.15, 0.2) is 25.0 Å². The number of fused-ring (bicyclic) bond motifs is 5. The molecule has 0 unspecified atom stereocenters. The summed E-state index contributed by atoms with van der Waals surface area (Å²) in [4.78, 5) is 5.42. The number of rotatable bonds is 8. The van der Waals surface area contributed by atoms with Crippen molar-refractivity contribution in [3.8, 4) is 0 Å². The first-order valence-corrected chi connectivity index (χ1v) is 26.1. The Bertz CT molecular complexity index is 924. The number of hydrogen-bond acceptors (Lipinski definition) is 5. The van der Waals surface area contributed by atoms with Crippen LogP contribution in [0.5, 0.6) is 0 Å². The molecule has 0 spiro atoms. The van der Waals surface area contributed by atoms with Crippen molar-refractivity contribution in [2.45, 2.75) is 149 Å². The minimum Gasteiger partial charge on any atom is -0.415 e. The first-order chi connectivity index (χ1) is 17.7. The van der Waals surface area contributed by atoms with Gasteiger partial charge < -0.3 is 18.1 Å². The average molecular weight is 596 g/mol. The van der Waals surface area contributed by atoms with Crippen molar-refractivity contribution in [1.82, 2.24) is 0 Å². The van der Waals surface area contributed by atoms with Crippen LogP contribution in [0.3, 0.4) is 0 Å². The first-order valence-electron chi connectivity index (χ1n) is 15.9. The molecular weight excluding hydrogens is 535 g/mol. The Kier molecular flexibility index (Phi) is 8.69. The van der Waals surface area contributed by atoms with Crippen LogP contribution in [0.25, 0.3) is 0 Å². The Morgan fingerprint density at radius 2 is 1.44 bits per heavy atom. The molecule has 0 saturated heterocycles. The first kappa shape index (κ1) is 31.9. The van der Waals surface area contributed by atoms with Crippen LogP contribution >= 0.6 is 0 Å².